The topological polar surface area (TPSA) is 21.8 Å². The van der Waals surface area contributed by atoms with Gasteiger partial charge in [0.1, 0.15) is 12.2 Å². The second-order valence-corrected chi connectivity index (χ2v) is 5.23. The van der Waals surface area contributed by atoms with Crippen molar-refractivity contribution in [1.82, 2.24) is 0 Å². The van der Waals surface area contributed by atoms with Crippen molar-refractivity contribution < 1.29 is 9.47 Å². The van der Waals surface area contributed by atoms with Crippen LogP contribution in [0.1, 0.15) is 6.42 Å². The van der Waals surface area contributed by atoms with Gasteiger partial charge < -0.3 is 9.47 Å². The van der Waals surface area contributed by atoms with E-state index in [0.29, 0.717) is 24.4 Å². The van der Waals surface area contributed by atoms with Gasteiger partial charge in [0.25, 0.3) is 0 Å². The quantitative estimate of drug-likeness (QED) is 0.405. The highest BCUT2D eigenvalue weighted by atomic mass is 16.7. The average molecular weight is 176 g/mol. The van der Waals surface area contributed by atoms with Crippen LogP contribution in [0.3, 0.4) is 0 Å². The van der Waals surface area contributed by atoms with Crippen LogP contribution in [0, 0.1) is 23.7 Å². The van der Waals surface area contributed by atoms with E-state index in [0.717, 1.165) is 23.7 Å². The molecule has 68 valence electrons. The van der Waals surface area contributed by atoms with Crippen molar-refractivity contribution in [2.45, 2.75) is 30.8 Å². The Kier molecular flexibility index (Phi) is 0.769. The standard InChI is InChI=1S/C11H12O2/c1-2-5-3-4(1)6-7(5)9-11-10(13-11)8(6)12-9/h1-2,4-11H,3H2. The molecule has 8 atom stereocenters. The molecule has 0 spiro atoms. The molecule has 2 nitrogen and oxygen atoms in total. The van der Waals surface area contributed by atoms with Gasteiger partial charge >= 0.3 is 0 Å². The number of fused-ring (bicyclic) bond motifs is 12. The van der Waals surface area contributed by atoms with Gasteiger partial charge in [-0.05, 0) is 30.1 Å². The third-order valence-electron chi connectivity index (χ3n) is 4.87. The highest BCUT2D eigenvalue weighted by molar-refractivity contribution is 5.26. The Morgan fingerprint density at radius 3 is 1.92 bits per heavy atom. The van der Waals surface area contributed by atoms with Crippen molar-refractivity contribution in [3.63, 3.8) is 0 Å². The van der Waals surface area contributed by atoms with Crippen LogP contribution >= 0.6 is 0 Å². The molecule has 0 amide bonds. The van der Waals surface area contributed by atoms with Gasteiger partial charge in [-0.3, -0.25) is 0 Å². The number of hydrogen-bond donors (Lipinski definition) is 0. The van der Waals surface area contributed by atoms with Crippen molar-refractivity contribution in [3.05, 3.63) is 12.2 Å². The summed E-state index contributed by atoms with van der Waals surface area (Å²) in [7, 11) is 0. The van der Waals surface area contributed by atoms with Crippen molar-refractivity contribution in [2.75, 3.05) is 0 Å². The first-order chi connectivity index (χ1) is 6.43. The van der Waals surface area contributed by atoms with E-state index in [9.17, 15) is 0 Å². The van der Waals surface area contributed by atoms with Crippen LogP contribution in [-0.4, -0.2) is 24.4 Å². The summed E-state index contributed by atoms with van der Waals surface area (Å²) >= 11 is 0. The average Bonchev–Trinajstić information content (AvgIpc) is 2.60. The molecule has 0 aromatic rings. The van der Waals surface area contributed by atoms with E-state index < -0.39 is 0 Å². The van der Waals surface area contributed by atoms with E-state index in [2.05, 4.69) is 12.2 Å². The minimum Gasteiger partial charge on any atom is -0.369 e. The largest absolute Gasteiger partial charge is 0.369 e. The van der Waals surface area contributed by atoms with Gasteiger partial charge in [0.15, 0.2) is 0 Å². The predicted octanol–water partition coefficient (Wildman–Crippen LogP) is 0.973. The van der Waals surface area contributed by atoms with Gasteiger partial charge in [-0.25, -0.2) is 0 Å². The fraction of sp³-hybridized carbons (Fsp3) is 0.818. The summed E-state index contributed by atoms with van der Waals surface area (Å²) in [5.74, 6) is 3.30. The van der Waals surface area contributed by atoms with Crippen LogP contribution in [0.25, 0.3) is 0 Å². The minimum absolute atomic E-state index is 0.472. The Morgan fingerprint density at radius 2 is 1.31 bits per heavy atom. The van der Waals surface area contributed by atoms with Crippen LogP contribution in [0.15, 0.2) is 12.2 Å². The summed E-state index contributed by atoms with van der Waals surface area (Å²) in [4.78, 5) is 0. The molecule has 3 saturated heterocycles. The Balaban J connectivity index is 1.69. The Hall–Kier alpha value is -0.340. The molecule has 3 heterocycles. The lowest BCUT2D eigenvalue weighted by atomic mass is 9.73. The summed E-state index contributed by atoms with van der Waals surface area (Å²) in [6.45, 7) is 0. The van der Waals surface area contributed by atoms with Crippen LogP contribution in [0.4, 0.5) is 0 Å². The van der Waals surface area contributed by atoms with Crippen molar-refractivity contribution in [3.8, 4) is 0 Å². The zero-order valence-corrected chi connectivity index (χ0v) is 7.30. The first-order valence-corrected chi connectivity index (χ1v) is 5.43. The van der Waals surface area contributed by atoms with Gasteiger partial charge in [-0.15, -0.1) is 0 Å². The van der Waals surface area contributed by atoms with Gasteiger partial charge in [0, 0.05) is 0 Å². The molecule has 0 aromatic carbocycles. The molecular weight excluding hydrogens is 164 g/mol. The molecule has 0 radical (unpaired) electrons. The first-order valence-electron chi connectivity index (χ1n) is 5.43. The van der Waals surface area contributed by atoms with E-state index in [1.807, 2.05) is 0 Å². The van der Waals surface area contributed by atoms with Crippen molar-refractivity contribution in [1.29, 1.82) is 0 Å². The molecule has 2 aliphatic carbocycles. The Bertz CT molecular complexity index is 296. The van der Waals surface area contributed by atoms with E-state index >= 15 is 0 Å². The van der Waals surface area contributed by atoms with E-state index in [4.69, 9.17) is 9.47 Å². The Morgan fingerprint density at radius 1 is 0.769 bits per heavy atom. The third-order valence-corrected chi connectivity index (χ3v) is 4.87. The normalized spacial score (nSPS) is 74.5. The molecule has 8 unspecified atom stereocenters. The molecule has 4 bridgehead atoms. The van der Waals surface area contributed by atoms with Crippen LogP contribution in [-0.2, 0) is 9.47 Å². The predicted molar refractivity (Wildman–Crippen MR) is 45.0 cm³/mol. The highest BCUT2D eigenvalue weighted by Crippen LogP contribution is 2.64. The number of epoxide rings is 1. The first kappa shape index (κ1) is 6.20. The van der Waals surface area contributed by atoms with Gasteiger partial charge in [0.05, 0.1) is 12.2 Å². The van der Waals surface area contributed by atoms with Crippen LogP contribution < -0.4 is 0 Å². The third kappa shape index (κ3) is 0.500. The van der Waals surface area contributed by atoms with E-state index in [1.54, 1.807) is 0 Å². The van der Waals surface area contributed by atoms with E-state index in [1.165, 1.54) is 6.42 Å². The fourth-order valence-electron chi connectivity index (χ4n) is 4.44. The molecule has 0 aromatic heterocycles. The van der Waals surface area contributed by atoms with Crippen LogP contribution in [0.5, 0.6) is 0 Å². The fourth-order valence-corrected chi connectivity index (χ4v) is 4.44. The highest BCUT2D eigenvalue weighted by Gasteiger charge is 2.73. The lowest BCUT2D eigenvalue weighted by Crippen LogP contribution is -2.35. The zero-order chi connectivity index (χ0) is 8.15. The second-order valence-electron chi connectivity index (χ2n) is 5.23. The molecule has 0 N–H and O–H groups in total. The summed E-state index contributed by atoms with van der Waals surface area (Å²) in [6, 6.07) is 0. The number of allylic oxidation sites excluding steroid dienone is 2. The molecule has 5 rings (SSSR count). The maximum absolute atomic E-state index is 6.02. The molecule has 3 aliphatic heterocycles. The lowest BCUT2D eigenvalue weighted by Gasteiger charge is -2.26. The molecule has 2 heteroatoms. The summed E-state index contributed by atoms with van der Waals surface area (Å²) in [5, 5.41) is 0. The second kappa shape index (κ2) is 1.61. The molecule has 1 saturated carbocycles. The monoisotopic (exact) mass is 176 g/mol. The van der Waals surface area contributed by atoms with Gasteiger partial charge in [0.2, 0.25) is 0 Å². The summed E-state index contributed by atoms with van der Waals surface area (Å²) in [5.41, 5.74) is 0. The lowest BCUT2D eigenvalue weighted by molar-refractivity contribution is -0.00197. The van der Waals surface area contributed by atoms with Gasteiger partial charge in [-0.2, -0.15) is 0 Å². The zero-order valence-electron chi connectivity index (χ0n) is 7.30. The van der Waals surface area contributed by atoms with Crippen molar-refractivity contribution in [2.24, 2.45) is 23.7 Å². The molecule has 13 heavy (non-hydrogen) atoms. The number of hydrogen-bond acceptors (Lipinski definition) is 2. The van der Waals surface area contributed by atoms with Crippen molar-refractivity contribution >= 4 is 0 Å². The maximum Gasteiger partial charge on any atom is 0.113 e. The van der Waals surface area contributed by atoms with E-state index in [-0.39, 0.29) is 0 Å². The number of rotatable bonds is 0. The smallest absolute Gasteiger partial charge is 0.113 e. The van der Waals surface area contributed by atoms with Crippen LogP contribution in [0.2, 0.25) is 0 Å². The molecule has 4 fully saturated rings. The summed E-state index contributed by atoms with van der Waals surface area (Å²) in [6.07, 6.45) is 8.20. The number of ether oxygens (including phenoxy) is 2. The van der Waals surface area contributed by atoms with Gasteiger partial charge in [-0.1, -0.05) is 12.2 Å². The SMILES string of the molecule is C1=CC2CC1C1C3OC(C4OC43)C21. The Labute approximate surface area is 76.9 Å². The minimum atomic E-state index is 0.472. The molecular formula is C11H12O2. The molecule has 5 aliphatic rings. The maximum atomic E-state index is 6.02. The summed E-state index contributed by atoms with van der Waals surface area (Å²) < 4.78 is 11.7.